The van der Waals surface area contributed by atoms with E-state index in [1.807, 2.05) is 24.3 Å². The van der Waals surface area contributed by atoms with Crippen LogP contribution >= 0.6 is 0 Å². The van der Waals surface area contributed by atoms with Crippen molar-refractivity contribution in [2.45, 2.75) is 38.2 Å². The van der Waals surface area contributed by atoms with Crippen molar-refractivity contribution in [2.24, 2.45) is 11.8 Å². The van der Waals surface area contributed by atoms with E-state index in [-0.39, 0.29) is 23.8 Å². The molecule has 3 aromatic rings. The number of amides is 2. The lowest BCUT2D eigenvalue weighted by molar-refractivity contribution is -0.123. The first kappa shape index (κ1) is 20.8. The van der Waals surface area contributed by atoms with Crippen LogP contribution in [0.5, 0.6) is 0 Å². The molecule has 0 N–H and O–H groups in total. The van der Waals surface area contributed by atoms with E-state index >= 15 is 0 Å². The Morgan fingerprint density at radius 2 is 1.50 bits per heavy atom. The maximum Gasteiger partial charge on any atom is 0.338 e. The molecule has 2 atom stereocenters. The number of ether oxygens (including phenoxy) is 1. The lowest BCUT2D eigenvalue weighted by Gasteiger charge is -2.52. The van der Waals surface area contributed by atoms with Gasteiger partial charge in [-0.05, 0) is 54.3 Å². The van der Waals surface area contributed by atoms with Crippen LogP contribution in [0.4, 0.5) is 5.69 Å². The van der Waals surface area contributed by atoms with Crippen molar-refractivity contribution < 1.29 is 19.1 Å². The predicted octanol–water partition coefficient (Wildman–Crippen LogP) is 4.82. The number of benzene rings is 3. The van der Waals surface area contributed by atoms with Gasteiger partial charge in [0.05, 0.1) is 29.2 Å². The molecule has 1 heterocycles. The van der Waals surface area contributed by atoms with Gasteiger partial charge in [-0.2, -0.15) is 0 Å². The summed E-state index contributed by atoms with van der Waals surface area (Å²) in [5.41, 5.74) is 4.63. The van der Waals surface area contributed by atoms with E-state index in [1.54, 1.807) is 38.1 Å². The van der Waals surface area contributed by atoms with Crippen molar-refractivity contribution in [1.82, 2.24) is 0 Å². The van der Waals surface area contributed by atoms with Crippen LogP contribution in [-0.4, -0.2) is 23.9 Å². The SMILES string of the molecule is CC(C)OC(=O)c1cccc(N2C(=O)[C@H]3C4c5ccccc5C(C)(c5ccccc54)[C@H]3C2=O)c1. The van der Waals surface area contributed by atoms with Gasteiger partial charge in [0.25, 0.3) is 0 Å². The Morgan fingerprint density at radius 3 is 2.12 bits per heavy atom. The standard InChI is InChI=1S/C29H25NO4/c1-16(2)34-28(33)17-9-8-10-18(15-17)30-26(31)24-23-19-11-4-6-13-21(19)29(3,25(24)27(30)32)22-14-7-5-12-20(22)23/h4-16,23-25H,1-3H3/t23?,24-,25+,29?/m0/s1. The fourth-order valence-corrected chi connectivity index (χ4v) is 6.46. The zero-order valence-electron chi connectivity index (χ0n) is 19.3. The number of nitrogens with zero attached hydrogens (tertiary/aromatic N) is 1. The monoisotopic (exact) mass is 451 g/mol. The van der Waals surface area contributed by atoms with Crippen LogP contribution in [0.1, 0.15) is 59.3 Å². The molecule has 170 valence electrons. The molecule has 1 aliphatic heterocycles. The van der Waals surface area contributed by atoms with Crippen molar-refractivity contribution in [3.8, 4) is 0 Å². The highest BCUT2D eigenvalue weighted by atomic mass is 16.5. The Hall–Kier alpha value is -3.73. The summed E-state index contributed by atoms with van der Waals surface area (Å²) in [7, 11) is 0. The number of anilines is 1. The van der Waals surface area contributed by atoms with Crippen LogP contribution in [-0.2, 0) is 19.7 Å². The molecule has 2 amide bonds. The molecule has 2 bridgehead atoms. The summed E-state index contributed by atoms with van der Waals surface area (Å²) in [5, 5.41) is 0. The quantitative estimate of drug-likeness (QED) is 0.423. The van der Waals surface area contributed by atoms with Gasteiger partial charge >= 0.3 is 5.97 Å². The van der Waals surface area contributed by atoms with Gasteiger partial charge in [-0.1, -0.05) is 61.5 Å². The van der Waals surface area contributed by atoms with Crippen LogP contribution in [0.15, 0.2) is 72.8 Å². The minimum absolute atomic E-state index is 0.172. The zero-order valence-corrected chi connectivity index (χ0v) is 19.3. The van der Waals surface area contributed by atoms with Gasteiger partial charge in [0, 0.05) is 11.3 Å². The smallest absolute Gasteiger partial charge is 0.338 e. The molecule has 34 heavy (non-hydrogen) atoms. The molecule has 0 unspecified atom stereocenters. The summed E-state index contributed by atoms with van der Waals surface area (Å²) in [6.07, 6.45) is -0.262. The van der Waals surface area contributed by atoms with Crippen LogP contribution in [0, 0.1) is 11.8 Å². The molecule has 0 aromatic heterocycles. The molecule has 0 saturated carbocycles. The van der Waals surface area contributed by atoms with Crippen LogP contribution in [0.3, 0.4) is 0 Å². The summed E-state index contributed by atoms with van der Waals surface area (Å²) in [6, 6.07) is 23.0. The van der Waals surface area contributed by atoms with Gasteiger partial charge in [0.1, 0.15) is 0 Å². The predicted molar refractivity (Wildman–Crippen MR) is 128 cm³/mol. The molecule has 3 aromatic carbocycles. The van der Waals surface area contributed by atoms with Crippen molar-refractivity contribution >= 4 is 23.5 Å². The Morgan fingerprint density at radius 1 is 0.882 bits per heavy atom. The van der Waals surface area contributed by atoms with Crippen LogP contribution < -0.4 is 4.90 Å². The number of esters is 1. The van der Waals surface area contributed by atoms with E-state index in [9.17, 15) is 14.4 Å². The van der Waals surface area contributed by atoms with E-state index in [0.717, 1.165) is 22.3 Å². The van der Waals surface area contributed by atoms with Gasteiger partial charge in [-0.25, -0.2) is 9.69 Å². The van der Waals surface area contributed by atoms with Gasteiger partial charge in [0.2, 0.25) is 11.8 Å². The number of rotatable bonds is 3. The van der Waals surface area contributed by atoms with E-state index in [2.05, 4.69) is 31.2 Å². The second kappa shape index (κ2) is 7.13. The summed E-state index contributed by atoms with van der Waals surface area (Å²) in [4.78, 5) is 41.7. The van der Waals surface area contributed by atoms with Gasteiger partial charge < -0.3 is 4.74 Å². The third kappa shape index (κ3) is 2.58. The molecular weight excluding hydrogens is 426 g/mol. The fraction of sp³-hybridized carbons (Fsp3) is 0.276. The van der Waals surface area contributed by atoms with E-state index < -0.39 is 23.2 Å². The lowest BCUT2D eigenvalue weighted by Crippen LogP contribution is -2.51. The highest BCUT2D eigenvalue weighted by molar-refractivity contribution is 6.24. The third-order valence-corrected chi connectivity index (χ3v) is 7.73. The van der Waals surface area contributed by atoms with Crippen LogP contribution in [0.2, 0.25) is 0 Å². The maximum atomic E-state index is 14.0. The van der Waals surface area contributed by atoms with Gasteiger partial charge in [0.15, 0.2) is 0 Å². The summed E-state index contributed by atoms with van der Waals surface area (Å²) in [5.74, 6) is -2.03. The lowest BCUT2D eigenvalue weighted by atomic mass is 9.48. The second-order valence-electron chi connectivity index (χ2n) is 9.87. The van der Waals surface area contributed by atoms with Crippen molar-refractivity contribution in [3.63, 3.8) is 0 Å². The molecule has 0 spiro atoms. The van der Waals surface area contributed by atoms with Crippen molar-refractivity contribution in [1.29, 1.82) is 0 Å². The Balaban J connectivity index is 1.49. The second-order valence-corrected chi connectivity index (χ2v) is 9.87. The molecule has 0 radical (unpaired) electrons. The molecule has 1 fully saturated rings. The average Bonchev–Trinajstić information content (AvgIpc) is 3.10. The molecule has 1 saturated heterocycles. The largest absolute Gasteiger partial charge is 0.459 e. The molecule has 4 aliphatic rings. The Labute approximate surface area is 198 Å². The normalized spacial score (nSPS) is 26.4. The molecule has 5 nitrogen and oxygen atoms in total. The highest BCUT2D eigenvalue weighted by Gasteiger charge is 2.66. The number of carbonyl (C=O) groups excluding carboxylic acids is 3. The first-order valence-electron chi connectivity index (χ1n) is 11.7. The fourth-order valence-electron chi connectivity index (χ4n) is 6.46. The number of hydrogen-bond donors (Lipinski definition) is 0. The van der Waals surface area contributed by atoms with Crippen molar-refractivity contribution in [3.05, 3.63) is 101 Å². The minimum Gasteiger partial charge on any atom is -0.459 e. The zero-order chi connectivity index (χ0) is 23.8. The molecule has 3 aliphatic carbocycles. The Bertz CT molecular complexity index is 1330. The Kier molecular flexibility index (Phi) is 4.37. The summed E-state index contributed by atoms with van der Waals surface area (Å²) in [6.45, 7) is 5.67. The molecule has 5 heteroatoms. The number of hydrogen-bond acceptors (Lipinski definition) is 4. The van der Waals surface area contributed by atoms with Gasteiger partial charge in [-0.3, -0.25) is 9.59 Å². The maximum absolute atomic E-state index is 14.0. The minimum atomic E-state index is -0.609. The topological polar surface area (TPSA) is 63.7 Å². The third-order valence-electron chi connectivity index (χ3n) is 7.73. The molecular formula is C29H25NO4. The number of carbonyl (C=O) groups is 3. The number of imide groups is 1. The summed E-state index contributed by atoms with van der Waals surface area (Å²) < 4.78 is 5.32. The average molecular weight is 452 g/mol. The van der Waals surface area contributed by atoms with E-state index in [0.29, 0.717) is 11.3 Å². The van der Waals surface area contributed by atoms with E-state index in [1.165, 1.54) is 4.90 Å². The van der Waals surface area contributed by atoms with Gasteiger partial charge in [-0.15, -0.1) is 0 Å². The molecule has 7 rings (SSSR count). The first-order valence-corrected chi connectivity index (χ1v) is 11.7. The van der Waals surface area contributed by atoms with Crippen LogP contribution in [0.25, 0.3) is 0 Å². The van der Waals surface area contributed by atoms with Crippen molar-refractivity contribution in [2.75, 3.05) is 4.90 Å². The van der Waals surface area contributed by atoms with E-state index in [4.69, 9.17) is 4.74 Å². The summed E-state index contributed by atoms with van der Waals surface area (Å²) >= 11 is 0. The highest BCUT2D eigenvalue weighted by Crippen LogP contribution is 2.64. The first-order chi connectivity index (χ1) is 16.3.